The summed E-state index contributed by atoms with van der Waals surface area (Å²) in [6.07, 6.45) is -0.726. The Labute approximate surface area is 182 Å². The van der Waals surface area contributed by atoms with Crippen LogP contribution in [0, 0.1) is 0 Å². The van der Waals surface area contributed by atoms with E-state index >= 15 is 0 Å². The molecule has 9 heteroatoms. The number of H-pyrrole nitrogens is 1. The third kappa shape index (κ3) is 3.84. The highest BCUT2D eigenvalue weighted by molar-refractivity contribution is 7.99. The number of thioether (sulfide) groups is 1. The van der Waals surface area contributed by atoms with Gasteiger partial charge in [-0.2, -0.15) is 0 Å². The van der Waals surface area contributed by atoms with Crippen molar-refractivity contribution < 1.29 is 19.0 Å². The fourth-order valence-electron chi connectivity index (χ4n) is 3.72. The second kappa shape index (κ2) is 8.35. The van der Waals surface area contributed by atoms with E-state index in [4.69, 9.17) is 4.74 Å². The zero-order valence-corrected chi connectivity index (χ0v) is 18.1. The number of benzene rings is 2. The topological polar surface area (TPSA) is 96.2 Å². The van der Waals surface area contributed by atoms with Crippen molar-refractivity contribution >= 4 is 29.3 Å². The van der Waals surface area contributed by atoms with Gasteiger partial charge in [-0.15, -0.1) is 0 Å². The first-order valence-electron chi connectivity index (χ1n) is 9.77. The molecule has 1 aliphatic rings. The van der Waals surface area contributed by atoms with Gasteiger partial charge in [-0.1, -0.05) is 36.9 Å². The molecule has 3 aromatic rings. The fraction of sp³-hybridized carbons (Fsp3) is 0.227. The summed E-state index contributed by atoms with van der Waals surface area (Å²) < 4.78 is 6.82. The summed E-state index contributed by atoms with van der Waals surface area (Å²) in [5.41, 5.74) is 1.95. The number of aromatic amines is 1. The molecule has 0 spiro atoms. The Hall–Kier alpha value is -3.46. The molecule has 0 bridgehead atoms. The first-order valence-corrected chi connectivity index (χ1v) is 10.8. The van der Waals surface area contributed by atoms with Crippen LogP contribution in [0.15, 0.2) is 58.5 Å². The predicted molar refractivity (Wildman–Crippen MR) is 116 cm³/mol. The van der Waals surface area contributed by atoms with E-state index in [0.717, 1.165) is 5.75 Å². The smallest absolute Gasteiger partial charge is 0.325 e. The van der Waals surface area contributed by atoms with Crippen LogP contribution in [-0.2, 0) is 9.59 Å². The number of para-hydroxylation sites is 1. The highest BCUT2D eigenvalue weighted by atomic mass is 32.2. The van der Waals surface area contributed by atoms with Crippen molar-refractivity contribution in [2.75, 3.05) is 10.7 Å². The number of hydrogen-bond acceptors (Lipinski definition) is 6. The number of nitrogens with zero attached hydrogens (tertiary/aromatic N) is 3. The van der Waals surface area contributed by atoms with Gasteiger partial charge in [0, 0.05) is 24.5 Å². The van der Waals surface area contributed by atoms with Crippen molar-refractivity contribution in [3.63, 3.8) is 0 Å². The molecule has 0 aliphatic carbocycles. The maximum Gasteiger partial charge on any atom is 0.325 e. The van der Waals surface area contributed by atoms with Gasteiger partial charge in [0.1, 0.15) is 5.75 Å². The summed E-state index contributed by atoms with van der Waals surface area (Å²) in [5, 5.41) is 5.12. The van der Waals surface area contributed by atoms with Gasteiger partial charge >= 0.3 is 17.2 Å². The number of fused-ring (bicyclic) bond motifs is 3. The molecule has 2 aromatic carbocycles. The molecule has 8 nitrogen and oxygen atoms in total. The molecule has 0 saturated carbocycles. The maximum atomic E-state index is 13.1. The average Bonchev–Trinajstić information content (AvgIpc) is 2.72. The number of carbonyl (C=O) groups excluding carboxylic acids is 2. The van der Waals surface area contributed by atoms with Crippen molar-refractivity contribution in [3.8, 4) is 17.0 Å². The summed E-state index contributed by atoms with van der Waals surface area (Å²) in [6, 6.07) is 14.1. The molecular formula is C22H21N4O4S+. The van der Waals surface area contributed by atoms with E-state index in [-0.39, 0.29) is 11.5 Å². The van der Waals surface area contributed by atoms with Crippen molar-refractivity contribution in [3.05, 3.63) is 64.4 Å². The van der Waals surface area contributed by atoms with E-state index < -0.39 is 12.1 Å². The minimum absolute atomic E-state index is 0.208. The number of ether oxygens (including phenoxy) is 1. The number of aromatic nitrogens is 3. The Balaban J connectivity index is 2.01. The first kappa shape index (κ1) is 20.8. The molecule has 0 saturated heterocycles. The van der Waals surface area contributed by atoms with Crippen LogP contribution >= 0.6 is 11.8 Å². The Bertz CT molecular complexity index is 1240. The Morgan fingerprint density at radius 2 is 1.97 bits per heavy atom. The van der Waals surface area contributed by atoms with Crippen LogP contribution in [0.3, 0.4) is 0 Å². The van der Waals surface area contributed by atoms with Crippen molar-refractivity contribution in [1.82, 2.24) is 10.1 Å². The van der Waals surface area contributed by atoms with Crippen molar-refractivity contribution in [1.29, 1.82) is 0 Å². The molecule has 1 atom stereocenters. The number of hydrogen-bond donors (Lipinski definition) is 1. The zero-order valence-electron chi connectivity index (χ0n) is 17.3. The van der Waals surface area contributed by atoms with Crippen LogP contribution in [-0.4, -0.2) is 27.7 Å². The Kier molecular flexibility index (Phi) is 5.60. The van der Waals surface area contributed by atoms with Crippen LogP contribution in [0.2, 0.25) is 0 Å². The third-order valence-corrected chi connectivity index (χ3v) is 5.54. The molecule has 1 N–H and O–H groups in total. The number of esters is 1. The Morgan fingerprint density at radius 1 is 1.19 bits per heavy atom. The van der Waals surface area contributed by atoms with Gasteiger partial charge in [-0.25, -0.2) is 4.90 Å². The van der Waals surface area contributed by atoms with E-state index in [0.29, 0.717) is 33.4 Å². The lowest BCUT2D eigenvalue weighted by atomic mass is 10.0. The monoisotopic (exact) mass is 437 g/mol. The highest BCUT2D eigenvalue weighted by Crippen LogP contribution is 2.37. The number of amides is 1. The SMILES string of the molecule is CCSc1n[n+]2c(c(=O)[nH]1)-c1ccccc1N(C(C)=O)[C@@H]2c1cccc(OC(C)=O)c1. The van der Waals surface area contributed by atoms with Gasteiger partial charge < -0.3 is 4.74 Å². The molecule has 1 amide bonds. The summed E-state index contributed by atoms with van der Waals surface area (Å²) >= 11 is 1.40. The molecule has 1 aromatic heterocycles. The first-order chi connectivity index (χ1) is 14.9. The average molecular weight is 438 g/mol. The van der Waals surface area contributed by atoms with E-state index in [1.165, 1.54) is 25.6 Å². The summed E-state index contributed by atoms with van der Waals surface area (Å²) in [5.74, 6) is 0.420. The molecule has 0 unspecified atom stereocenters. The lowest BCUT2D eigenvalue weighted by Gasteiger charge is -2.31. The standard InChI is InChI=1S/C22H20N4O4S/c1-4-31-22-23-20(29)19-17-10-5-6-11-18(17)25(13(2)27)21(26(19)24-22)15-8-7-9-16(12-15)30-14(3)28/h5-12,21H,4H2,1-3H3/p+1/t21-/m0/s1. The zero-order chi connectivity index (χ0) is 22.1. The second-order valence-electron chi connectivity index (χ2n) is 6.93. The third-order valence-electron chi connectivity index (χ3n) is 4.80. The van der Waals surface area contributed by atoms with Gasteiger partial charge in [0.05, 0.1) is 11.3 Å². The van der Waals surface area contributed by atoms with Gasteiger partial charge in [-0.05, 0) is 40.8 Å². The lowest BCUT2D eigenvalue weighted by Crippen LogP contribution is -2.60. The van der Waals surface area contributed by atoms with Crippen LogP contribution < -0.4 is 19.9 Å². The molecule has 4 rings (SSSR count). The maximum absolute atomic E-state index is 13.1. The number of nitrogens with one attached hydrogen (secondary N) is 1. The number of carbonyl (C=O) groups is 2. The molecule has 0 radical (unpaired) electrons. The molecule has 0 fully saturated rings. The Morgan fingerprint density at radius 3 is 2.68 bits per heavy atom. The lowest BCUT2D eigenvalue weighted by molar-refractivity contribution is -0.763. The molecule has 31 heavy (non-hydrogen) atoms. The van der Waals surface area contributed by atoms with Gasteiger partial charge in [-0.3, -0.25) is 19.4 Å². The normalized spacial score (nSPS) is 14.5. The fourth-order valence-corrected chi connectivity index (χ4v) is 4.30. The van der Waals surface area contributed by atoms with Crippen molar-refractivity contribution in [2.45, 2.75) is 32.1 Å². The molecule has 2 heterocycles. The number of rotatable bonds is 4. The predicted octanol–water partition coefficient (Wildman–Crippen LogP) is 2.68. The molecule has 1 aliphatic heterocycles. The van der Waals surface area contributed by atoms with Gasteiger partial charge in [0.15, 0.2) is 0 Å². The summed E-state index contributed by atoms with van der Waals surface area (Å²) in [7, 11) is 0. The van der Waals surface area contributed by atoms with Crippen LogP contribution in [0.1, 0.15) is 32.5 Å². The van der Waals surface area contributed by atoms with Crippen LogP contribution in [0.5, 0.6) is 5.75 Å². The van der Waals surface area contributed by atoms with Gasteiger partial charge in [0.25, 0.3) is 6.17 Å². The van der Waals surface area contributed by atoms with Gasteiger partial charge in [0.2, 0.25) is 11.1 Å². The van der Waals surface area contributed by atoms with Crippen LogP contribution in [0.4, 0.5) is 5.69 Å². The quantitative estimate of drug-likeness (QED) is 0.292. The molecular weight excluding hydrogens is 416 g/mol. The summed E-state index contributed by atoms with van der Waals surface area (Å²) in [4.78, 5) is 41.8. The highest BCUT2D eigenvalue weighted by Gasteiger charge is 2.44. The van der Waals surface area contributed by atoms with E-state index in [9.17, 15) is 14.4 Å². The molecule has 158 valence electrons. The number of anilines is 1. The van der Waals surface area contributed by atoms with E-state index in [1.807, 2.05) is 25.1 Å². The minimum Gasteiger partial charge on any atom is -0.427 e. The van der Waals surface area contributed by atoms with E-state index in [1.54, 1.807) is 39.9 Å². The second-order valence-corrected chi connectivity index (χ2v) is 8.18. The summed E-state index contributed by atoms with van der Waals surface area (Å²) in [6.45, 7) is 4.76. The van der Waals surface area contributed by atoms with Crippen LogP contribution in [0.25, 0.3) is 11.3 Å². The van der Waals surface area contributed by atoms with Crippen molar-refractivity contribution in [2.24, 2.45) is 0 Å². The minimum atomic E-state index is -0.726. The van der Waals surface area contributed by atoms with E-state index in [2.05, 4.69) is 10.1 Å². The largest absolute Gasteiger partial charge is 0.427 e.